The Morgan fingerprint density at radius 2 is 2.09 bits per heavy atom. The summed E-state index contributed by atoms with van der Waals surface area (Å²) in [5, 5.41) is 7.79. The van der Waals surface area contributed by atoms with Crippen molar-refractivity contribution in [3.63, 3.8) is 0 Å². The Labute approximate surface area is 128 Å². The van der Waals surface area contributed by atoms with Crippen molar-refractivity contribution >= 4 is 5.97 Å². The standard InChI is InChI=1S/C16H18N2O4/c1-4-9-20-12(3)16(19)21-10-14-17-18-15(22-14)13-7-5-11(2)6-8-13/h4-8,12H,1,9-10H2,2-3H3. The zero-order valence-electron chi connectivity index (χ0n) is 12.6. The van der Waals surface area contributed by atoms with Gasteiger partial charge in [-0.3, -0.25) is 0 Å². The number of carbonyl (C=O) groups is 1. The summed E-state index contributed by atoms with van der Waals surface area (Å²) >= 11 is 0. The van der Waals surface area contributed by atoms with Gasteiger partial charge < -0.3 is 13.9 Å². The second-order valence-corrected chi connectivity index (χ2v) is 4.74. The predicted molar refractivity (Wildman–Crippen MR) is 79.9 cm³/mol. The minimum absolute atomic E-state index is 0.0838. The molecule has 0 aliphatic heterocycles. The van der Waals surface area contributed by atoms with Crippen LogP contribution in [-0.2, 0) is 20.9 Å². The van der Waals surface area contributed by atoms with Gasteiger partial charge in [0, 0.05) is 5.56 Å². The molecule has 22 heavy (non-hydrogen) atoms. The number of esters is 1. The van der Waals surface area contributed by atoms with Gasteiger partial charge in [-0.1, -0.05) is 23.8 Å². The van der Waals surface area contributed by atoms with Gasteiger partial charge in [0.2, 0.25) is 5.89 Å². The highest BCUT2D eigenvalue weighted by Crippen LogP contribution is 2.18. The van der Waals surface area contributed by atoms with Crippen LogP contribution >= 0.6 is 0 Å². The fourth-order valence-corrected chi connectivity index (χ4v) is 1.66. The van der Waals surface area contributed by atoms with Crippen molar-refractivity contribution < 1.29 is 18.7 Å². The van der Waals surface area contributed by atoms with Crippen molar-refractivity contribution in [3.05, 3.63) is 48.4 Å². The minimum atomic E-state index is -0.669. The number of aryl methyl sites for hydroxylation is 1. The van der Waals surface area contributed by atoms with E-state index in [1.807, 2.05) is 31.2 Å². The van der Waals surface area contributed by atoms with Crippen LogP contribution in [0.2, 0.25) is 0 Å². The molecule has 0 aliphatic carbocycles. The van der Waals surface area contributed by atoms with Crippen LogP contribution in [0.3, 0.4) is 0 Å². The number of rotatable bonds is 7. The van der Waals surface area contributed by atoms with Gasteiger partial charge in [0.1, 0.15) is 0 Å². The van der Waals surface area contributed by atoms with Gasteiger partial charge >= 0.3 is 5.97 Å². The maximum atomic E-state index is 11.7. The second-order valence-electron chi connectivity index (χ2n) is 4.74. The summed E-state index contributed by atoms with van der Waals surface area (Å²) in [6, 6.07) is 7.70. The van der Waals surface area contributed by atoms with Crippen LogP contribution in [0.1, 0.15) is 18.4 Å². The van der Waals surface area contributed by atoms with E-state index >= 15 is 0 Å². The van der Waals surface area contributed by atoms with Crippen LogP contribution in [0, 0.1) is 6.92 Å². The van der Waals surface area contributed by atoms with E-state index in [0.29, 0.717) is 5.89 Å². The predicted octanol–water partition coefficient (Wildman–Crippen LogP) is 2.68. The lowest BCUT2D eigenvalue weighted by atomic mass is 10.1. The average molecular weight is 302 g/mol. The Kier molecular flexibility index (Phi) is 5.43. The minimum Gasteiger partial charge on any atom is -0.454 e. The molecule has 1 aromatic carbocycles. The third kappa shape index (κ3) is 4.26. The van der Waals surface area contributed by atoms with Gasteiger partial charge in [0.25, 0.3) is 5.89 Å². The number of aromatic nitrogens is 2. The summed E-state index contributed by atoms with van der Waals surface area (Å²) in [6.07, 6.45) is 0.896. The first-order chi connectivity index (χ1) is 10.6. The number of hydrogen-bond acceptors (Lipinski definition) is 6. The average Bonchev–Trinajstić information content (AvgIpc) is 2.99. The van der Waals surface area contributed by atoms with E-state index in [-0.39, 0.29) is 19.1 Å². The molecule has 0 N–H and O–H groups in total. The number of ether oxygens (including phenoxy) is 2. The zero-order chi connectivity index (χ0) is 15.9. The van der Waals surface area contributed by atoms with Gasteiger partial charge in [-0.05, 0) is 26.0 Å². The lowest BCUT2D eigenvalue weighted by Gasteiger charge is -2.09. The maximum absolute atomic E-state index is 11.7. The summed E-state index contributed by atoms with van der Waals surface area (Å²) in [6.45, 7) is 7.32. The first-order valence-electron chi connectivity index (χ1n) is 6.88. The highest BCUT2D eigenvalue weighted by molar-refractivity contribution is 5.74. The fraction of sp³-hybridized carbons (Fsp3) is 0.312. The lowest BCUT2D eigenvalue weighted by Crippen LogP contribution is -2.23. The van der Waals surface area contributed by atoms with E-state index in [4.69, 9.17) is 13.9 Å². The summed E-state index contributed by atoms with van der Waals surface area (Å²) in [7, 11) is 0. The zero-order valence-corrected chi connectivity index (χ0v) is 12.6. The molecule has 6 nitrogen and oxygen atoms in total. The molecule has 1 unspecified atom stereocenters. The highest BCUT2D eigenvalue weighted by Gasteiger charge is 2.16. The molecule has 0 amide bonds. The van der Waals surface area contributed by atoms with E-state index in [1.54, 1.807) is 13.0 Å². The lowest BCUT2D eigenvalue weighted by molar-refractivity contribution is -0.157. The summed E-state index contributed by atoms with van der Waals surface area (Å²) in [5.74, 6) is 0.138. The maximum Gasteiger partial charge on any atom is 0.335 e. The van der Waals surface area contributed by atoms with Gasteiger partial charge in [-0.15, -0.1) is 16.8 Å². The molecule has 1 heterocycles. The molecule has 0 bridgehead atoms. The molecule has 0 radical (unpaired) electrons. The Hall–Kier alpha value is -2.47. The topological polar surface area (TPSA) is 74.5 Å². The SMILES string of the molecule is C=CCOC(C)C(=O)OCc1nnc(-c2ccc(C)cc2)o1. The molecule has 0 fully saturated rings. The number of nitrogens with zero attached hydrogens (tertiary/aromatic N) is 2. The number of benzene rings is 1. The van der Waals surface area contributed by atoms with Crippen molar-refractivity contribution in [1.82, 2.24) is 10.2 Å². The molecular weight excluding hydrogens is 284 g/mol. The molecule has 1 aromatic heterocycles. The second kappa shape index (κ2) is 7.51. The summed E-state index contributed by atoms with van der Waals surface area (Å²) in [4.78, 5) is 11.7. The van der Waals surface area contributed by atoms with Gasteiger partial charge in [0.05, 0.1) is 6.61 Å². The molecule has 2 aromatic rings. The Balaban J connectivity index is 1.91. The fourth-order valence-electron chi connectivity index (χ4n) is 1.66. The Morgan fingerprint density at radius 3 is 2.77 bits per heavy atom. The van der Waals surface area contributed by atoms with Gasteiger partial charge in [-0.25, -0.2) is 4.79 Å². The molecule has 0 saturated heterocycles. The van der Waals surface area contributed by atoms with E-state index < -0.39 is 12.1 Å². The van der Waals surface area contributed by atoms with Crippen molar-refractivity contribution in [3.8, 4) is 11.5 Å². The van der Waals surface area contributed by atoms with Crippen LogP contribution in [0.5, 0.6) is 0 Å². The van der Waals surface area contributed by atoms with Crippen LogP contribution in [0.25, 0.3) is 11.5 Å². The van der Waals surface area contributed by atoms with E-state index in [9.17, 15) is 4.79 Å². The molecule has 1 atom stereocenters. The molecule has 2 rings (SSSR count). The van der Waals surface area contributed by atoms with E-state index in [0.717, 1.165) is 11.1 Å². The van der Waals surface area contributed by atoms with Gasteiger partial charge in [0.15, 0.2) is 12.7 Å². The first-order valence-corrected chi connectivity index (χ1v) is 6.88. The molecule has 0 saturated carbocycles. The normalized spacial score (nSPS) is 11.9. The van der Waals surface area contributed by atoms with E-state index in [2.05, 4.69) is 16.8 Å². The van der Waals surface area contributed by atoms with Crippen LogP contribution in [0.4, 0.5) is 0 Å². The van der Waals surface area contributed by atoms with Crippen LogP contribution in [-0.4, -0.2) is 28.9 Å². The summed E-state index contributed by atoms with van der Waals surface area (Å²) < 4.78 is 15.7. The molecule has 0 spiro atoms. The molecule has 116 valence electrons. The van der Waals surface area contributed by atoms with Crippen molar-refractivity contribution in [1.29, 1.82) is 0 Å². The van der Waals surface area contributed by atoms with Crippen molar-refractivity contribution in [2.45, 2.75) is 26.6 Å². The third-order valence-electron chi connectivity index (χ3n) is 2.90. The Morgan fingerprint density at radius 1 is 1.36 bits per heavy atom. The Bertz CT molecular complexity index is 634. The van der Waals surface area contributed by atoms with Crippen LogP contribution in [0.15, 0.2) is 41.3 Å². The first kappa shape index (κ1) is 15.9. The molecule has 6 heteroatoms. The van der Waals surface area contributed by atoms with Crippen molar-refractivity contribution in [2.75, 3.05) is 6.61 Å². The number of hydrogen-bond donors (Lipinski definition) is 0. The monoisotopic (exact) mass is 302 g/mol. The third-order valence-corrected chi connectivity index (χ3v) is 2.90. The highest BCUT2D eigenvalue weighted by atomic mass is 16.6. The molecule has 0 aliphatic rings. The van der Waals surface area contributed by atoms with Crippen LogP contribution < -0.4 is 0 Å². The smallest absolute Gasteiger partial charge is 0.335 e. The molecular formula is C16H18N2O4. The van der Waals surface area contributed by atoms with Crippen molar-refractivity contribution in [2.24, 2.45) is 0 Å². The largest absolute Gasteiger partial charge is 0.454 e. The number of carbonyl (C=O) groups excluding carboxylic acids is 1. The summed E-state index contributed by atoms with van der Waals surface area (Å²) in [5.41, 5.74) is 1.96. The quantitative estimate of drug-likeness (QED) is 0.578. The van der Waals surface area contributed by atoms with Gasteiger partial charge in [-0.2, -0.15) is 0 Å². The van der Waals surface area contributed by atoms with E-state index in [1.165, 1.54) is 0 Å².